The van der Waals surface area contributed by atoms with Crippen LogP contribution in [0.4, 0.5) is 5.69 Å². The summed E-state index contributed by atoms with van der Waals surface area (Å²) in [7, 11) is 0. The first-order valence-corrected chi connectivity index (χ1v) is 9.29. The zero-order valence-corrected chi connectivity index (χ0v) is 15.8. The fourth-order valence-electron chi connectivity index (χ4n) is 3.48. The van der Waals surface area contributed by atoms with E-state index in [0.717, 1.165) is 34.6 Å². The molecule has 1 aromatic heterocycles. The Morgan fingerprint density at radius 1 is 1.22 bits per heavy atom. The quantitative estimate of drug-likeness (QED) is 0.730. The van der Waals surface area contributed by atoms with Gasteiger partial charge in [0.05, 0.1) is 6.54 Å². The van der Waals surface area contributed by atoms with E-state index in [1.54, 1.807) is 12.1 Å². The van der Waals surface area contributed by atoms with Gasteiger partial charge >= 0.3 is 0 Å². The smallest absolute Gasteiger partial charge is 0.238 e. The number of anilines is 1. The second kappa shape index (κ2) is 7.18. The Bertz CT molecular complexity index is 1070. The number of aromatic amines is 1. The van der Waals surface area contributed by atoms with E-state index in [0.29, 0.717) is 23.4 Å². The summed E-state index contributed by atoms with van der Waals surface area (Å²) in [5.41, 5.74) is 4.39. The number of nitrogens with one attached hydrogen (secondary N) is 2. The lowest BCUT2D eigenvalue weighted by atomic mass is 10.0. The van der Waals surface area contributed by atoms with Crippen LogP contribution in [0.1, 0.15) is 16.8 Å². The molecule has 2 N–H and O–H groups in total. The molecule has 1 aliphatic rings. The predicted octanol–water partition coefficient (Wildman–Crippen LogP) is 3.49. The van der Waals surface area contributed by atoms with Crippen molar-refractivity contribution in [3.63, 3.8) is 0 Å². The summed E-state index contributed by atoms with van der Waals surface area (Å²) in [5.74, 6) is -0.0810. The van der Waals surface area contributed by atoms with Crippen molar-refractivity contribution in [2.75, 3.05) is 18.4 Å². The highest BCUT2D eigenvalue weighted by Gasteiger charge is 2.22. The van der Waals surface area contributed by atoms with Crippen molar-refractivity contribution in [2.24, 2.45) is 0 Å². The molecule has 0 atom stereocenters. The lowest BCUT2D eigenvalue weighted by Crippen LogP contribution is -2.39. The molecule has 138 valence electrons. The fourth-order valence-corrected chi connectivity index (χ4v) is 3.65. The van der Waals surface area contributed by atoms with Gasteiger partial charge in [0.1, 0.15) is 0 Å². The van der Waals surface area contributed by atoms with Gasteiger partial charge < -0.3 is 10.3 Å². The molecule has 0 saturated heterocycles. The molecule has 6 heteroatoms. The third-order valence-corrected chi connectivity index (χ3v) is 5.15. The van der Waals surface area contributed by atoms with Crippen molar-refractivity contribution in [3.8, 4) is 0 Å². The number of hydrogen-bond donors (Lipinski definition) is 2. The van der Waals surface area contributed by atoms with Crippen LogP contribution in [-0.4, -0.2) is 28.9 Å². The molecule has 0 spiro atoms. The Morgan fingerprint density at radius 2 is 2.00 bits per heavy atom. The Kier molecular flexibility index (Phi) is 4.72. The third kappa shape index (κ3) is 3.75. The van der Waals surface area contributed by atoms with Crippen molar-refractivity contribution >= 4 is 34.1 Å². The zero-order chi connectivity index (χ0) is 19.0. The third-order valence-electron chi connectivity index (χ3n) is 4.91. The van der Waals surface area contributed by atoms with Crippen molar-refractivity contribution in [2.45, 2.75) is 19.9 Å². The molecule has 0 radical (unpaired) electrons. The number of amides is 1. The van der Waals surface area contributed by atoms with Gasteiger partial charge in [-0.15, -0.1) is 0 Å². The van der Waals surface area contributed by atoms with Crippen LogP contribution in [0.5, 0.6) is 0 Å². The molecule has 2 aromatic carbocycles. The van der Waals surface area contributed by atoms with Gasteiger partial charge in [0.2, 0.25) is 5.91 Å². The molecule has 0 saturated carbocycles. The summed E-state index contributed by atoms with van der Waals surface area (Å²) in [6, 6.07) is 13.0. The van der Waals surface area contributed by atoms with Gasteiger partial charge in [-0.25, -0.2) is 0 Å². The van der Waals surface area contributed by atoms with Crippen molar-refractivity contribution < 1.29 is 4.79 Å². The number of fused-ring (bicyclic) bond motifs is 2. The van der Waals surface area contributed by atoms with Gasteiger partial charge in [-0.05, 0) is 37.3 Å². The number of H-pyrrole nitrogens is 1. The number of hydrogen-bond acceptors (Lipinski definition) is 3. The van der Waals surface area contributed by atoms with Crippen molar-refractivity contribution in [3.05, 3.63) is 74.5 Å². The molecule has 0 aliphatic carbocycles. The van der Waals surface area contributed by atoms with Gasteiger partial charge in [-0.3, -0.25) is 14.5 Å². The molecule has 27 heavy (non-hydrogen) atoms. The van der Waals surface area contributed by atoms with E-state index >= 15 is 0 Å². The second-order valence-corrected chi connectivity index (χ2v) is 7.41. The minimum atomic E-state index is -0.0810. The molecule has 5 nitrogen and oxygen atoms in total. The lowest BCUT2D eigenvalue weighted by Gasteiger charge is -2.27. The molecule has 0 bridgehead atoms. The minimum absolute atomic E-state index is 0.00936. The number of aromatic nitrogens is 1. The Hall–Kier alpha value is -2.63. The largest absolute Gasteiger partial charge is 0.358 e. The molecule has 0 unspecified atom stereocenters. The number of benzene rings is 2. The van der Waals surface area contributed by atoms with E-state index in [4.69, 9.17) is 11.6 Å². The van der Waals surface area contributed by atoms with Crippen LogP contribution < -0.4 is 10.7 Å². The maximum Gasteiger partial charge on any atom is 0.238 e. The predicted molar refractivity (Wildman–Crippen MR) is 108 cm³/mol. The summed E-state index contributed by atoms with van der Waals surface area (Å²) in [6.07, 6.45) is 0.709. The molecule has 4 rings (SSSR count). The number of halogens is 1. The van der Waals surface area contributed by atoms with Gasteiger partial charge in [0, 0.05) is 52.4 Å². The molecule has 1 amide bonds. The van der Waals surface area contributed by atoms with Crippen LogP contribution in [0, 0.1) is 6.92 Å². The van der Waals surface area contributed by atoms with E-state index in [1.807, 2.05) is 42.2 Å². The summed E-state index contributed by atoms with van der Waals surface area (Å²) in [4.78, 5) is 30.6. The van der Waals surface area contributed by atoms with E-state index in [9.17, 15) is 9.59 Å². The minimum Gasteiger partial charge on any atom is -0.358 e. The van der Waals surface area contributed by atoms with Crippen molar-refractivity contribution in [1.29, 1.82) is 0 Å². The second-order valence-electron chi connectivity index (χ2n) is 6.98. The first kappa shape index (κ1) is 17.8. The molecule has 1 aliphatic heterocycles. The van der Waals surface area contributed by atoms with E-state index < -0.39 is 0 Å². The zero-order valence-electron chi connectivity index (χ0n) is 15.0. The molecular formula is C21H20ClN3O2. The first-order chi connectivity index (χ1) is 13.0. The van der Waals surface area contributed by atoms with Crippen LogP contribution in [0.25, 0.3) is 10.9 Å². The average Bonchev–Trinajstić information content (AvgIpc) is 2.65. The van der Waals surface area contributed by atoms with E-state index in [-0.39, 0.29) is 17.9 Å². The number of carbonyl (C=O) groups excluding carboxylic acids is 1. The van der Waals surface area contributed by atoms with Crippen LogP contribution in [-0.2, 0) is 17.8 Å². The van der Waals surface area contributed by atoms with Gasteiger partial charge in [0.15, 0.2) is 5.43 Å². The monoisotopic (exact) mass is 381 g/mol. The Morgan fingerprint density at radius 3 is 2.78 bits per heavy atom. The SMILES string of the molecule is Cc1ccc(NC(=O)CN2CCc3[nH]c4ccc(Cl)cc4c(=O)c3C2)cc1. The standard InChI is InChI=1S/C21H20ClN3O2/c1-13-2-5-15(6-3-13)23-20(26)12-25-9-8-19-17(11-25)21(27)16-10-14(22)4-7-18(16)24-19/h2-7,10H,8-9,11-12H2,1H3,(H,23,26)(H,24,27). The topological polar surface area (TPSA) is 65.2 Å². The molecule has 3 aromatic rings. The summed E-state index contributed by atoms with van der Waals surface area (Å²) in [6.45, 7) is 3.43. The normalized spacial score (nSPS) is 14.1. The lowest BCUT2D eigenvalue weighted by molar-refractivity contribution is -0.117. The maximum atomic E-state index is 12.9. The molecule has 2 heterocycles. The number of nitrogens with zero attached hydrogens (tertiary/aromatic N) is 1. The summed E-state index contributed by atoms with van der Waals surface area (Å²) < 4.78 is 0. The number of pyridine rings is 1. The van der Waals surface area contributed by atoms with Gasteiger partial charge in [-0.2, -0.15) is 0 Å². The van der Waals surface area contributed by atoms with Crippen LogP contribution >= 0.6 is 11.6 Å². The van der Waals surface area contributed by atoms with Crippen LogP contribution in [0.2, 0.25) is 5.02 Å². The number of rotatable bonds is 3. The number of aryl methyl sites for hydroxylation is 1. The average molecular weight is 382 g/mol. The highest BCUT2D eigenvalue weighted by atomic mass is 35.5. The molecule has 0 fully saturated rings. The first-order valence-electron chi connectivity index (χ1n) is 8.92. The van der Waals surface area contributed by atoms with E-state index in [1.165, 1.54) is 0 Å². The van der Waals surface area contributed by atoms with Crippen molar-refractivity contribution in [1.82, 2.24) is 9.88 Å². The Labute approximate surface area is 162 Å². The maximum absolute atomic E-state index is 12.9. The highest BCUT2D eigenvalue weighted by molar-refractivity contribution is 6.31. The fraction of sp³-hybridized carbons (Fsp3) is 0.238. The Balaban J connectivity index is 1.51. The van der Waals surface area contributed by atoms with Crippen LogP contribution in [0.3, 0.4) is 0 Å². The van der Waals surface area contributed by atoms with Gasteiger partial charge in [0.25, 0.3) is 0 Å². The van der Waals surface area contributed by atoms with E-state index in [2.05, 4.69) is 10.3 Å². The number of carbonyl (C=O) groups is 1. The van der Waals surface area contributed by atoms with Gasteiger partial charge in [-0.1, -0.05) is 29.3 Å². The summed E-state index contributed by atoms with van der Waals surface area (Å²) in [5, 5.41) is 4.04. The summed E-state index contributed by atoms with van der Waals surface area (Å²) >= 11 is 6.04. The molecular weight excluding hydrogens is 362 g/mol. The highest BCUT2D eigenvalue weighted by Crippen LogP contribution is 2.21. The van der Waals surface area contributed by atoms with Crippen LogP contribution in [0.15, 0.2) is 47.3 Å².